The molecular weight excluding hydrogens is 292 g/mol. The van der Waals surface area contributed by atoms with Crippen LogP contribution in [0.1, 0.15) is 17.0 Å². The van der Waals surface area contributed by atoms with Crippen LogP contribution >= 0.6 is 11.3 Å². The predicted octanol–water partition coefficient (Wildman–Crippen LogP) is 4.12. The summed E-state index contributed by atoms with van der Waals surface area (Å²) in [5.74, 6) is 0.790. The smallest absolute Gasteiger partial charge is 0.205 e. The first-order valence-electron chi connectivity index (χ1n) is 6.91. The monoisotopic (exact) mass is 304 g/mol. The van der Waals surface area contributed by atoms with Crippen molar-refractivity contribution in [3.63, 3.8) is 0 Å². The fourth-order valence-electron chi connectivity index (χ4n) is 2.97. The zero-order valence-corrected chi connectivity index (χ0v) is 12.4. The number of nitrogens with two attached hydrogens (primary N) is 1. The highest BCUT2D eigenvalue weighted by molar-refractivity contribution is 7.08. The minimum Gasteiger partial charge on any atom is -0.440 e. The number of thiophene rings is 1. The van der Waals surface area contributed by atoms with Gasteiger partial charge in [0.25, 0.3) is 0 Å². The first kappa shape index (κ1) is 12.9. The maximum Gasteiger partial charge on any atom is 0.205 e. The van der Waals surface area contributed by atoms with Gasteiger partial charge in [-0.25, -0.2) is 0 Å². The van der Waals surface area contributed by atoms with E-state index in [-0.39, 0.29) is 11.8 Å². The number of hydrogen-bond acceptors (Lipinski definition) is 4. The lowest BCUT2D eigenvalue weighted by Crippen LogP contribution is -2.20. The minimum absolute atomic E-state index is 0.162. The van der Waals surface area contributed by atoms with E-state index >= 15 is 0 Å². The molecule has 1 aromatic heterocycles. The number of nitrogens with zero attached hydrogens (tertiary/aromatic N) is 1. The van der Waals surface area contributed by atoms with E-state index in [1.807, 2.05) is 41.8 Å². The third kappa shape index (κ3) is 1.80. The van der Waals surface area contributed by atoms with Gasteiger partial charge in [0.05, 0.1) is 5.92 Å². The van der Waals surface area contributed by atoms with Crippen LogP contribution in [0.2, 0.25) is 0 Å². The molecule has 4 heteroatoms. The summed E-state index contributed by atoms with van der Waals surface area (Å²) < 4.78 is 5.82. The Hall–Kier alpha value is -2.77. The summed E-state index contributed by atoms with van der Waals surface area (Å²) in [7, 11) is 0. The van der Waals surface area contributed by atoms with Crippen molar-refractivity contribution >= 4 is 22.1 Å². The van der Waals surface area contributed by atoms with Crippen LogP contribution in [0.25, 0.3) is 10.8 Å². The van der Waals surface area contributed by atoms with E-state index in [1.165, 1.54) is 0 Å². The molecule has 106 valence electrons. The van der Waals surface area contributed by atoms with Crippen LogP contribution in [0.5, 0.6) is 5.75 Å². The Balaban J connectivity index is 2.04. The largest absolute Gasteiger partial charge is 0.440 e. The molecule has 1 atom stereocenters. The number of ether oxygens (including phenoxy) is 1. The average molecular weight is 304 g/mol. The van der Waals surface area contributed by atoms with Crippen molar-refractivity contribution in [3.8, 4) is 11.8 Å². The third-order valence-corrected chi connectivity index (χ3v) is 4.69. The second-order valence-electron chi connectivity index (χ2n) is 5.19. The van der Waals surface area contributed by atoms with Gasteiger partial charge in [-0.05, 0) is 27.8 Å². The number of allylic oxidation sites excluding steroid dienone is 1. The molecule has 0 fully saturated rings. The Morgan fingerprint density at radius 3 is 2.77 bits per heavy atom. The lowest BCUT2D eigenvalue weighted by atomic mass is 9.84. The van der Waals surface area contributed by atoms with Crippen molar-refractivity contribution in [1.29, 1.82) is 5.26 Å². The van der Waals surface area contributed by atoms with Crippen molar-refractivity contribution in [2.24, 2.45) is 5.73 Å². The summed E-state index contributed by atoms with van der Waals surface area (Å²) in [4.78, 5) is 0. The van der Waals surface area contributed by atoms with Gasteiger partial charge in [-0.15, -0.1) is 0 Å². The van der Waals surface area contributed by atoms with E-state index in [0.717, 1.165) is 27.6 Å². The molecule has 0 spiro atoms. The van der Waals surface area contributed by atoms with Crippen LogP contribution in [-0.4, -0.2) is 0 Å². The summed E-state index contributed by atoms with van der Waals surface area (Å²) in [6.45, 7) is 0. The van der Waals surface area contributed by atoms with Gasteiger partial charge < -0.3 is 10.5 Å². The lowest BCUT2D eigenvalue weighted by Gasteiger charge is -2.26. The predicted molar refractivity (Wildman–Crippen MR) is 87.6 cm³/mol. The molecule has 2 heterocycles. The summed E-state index contributed by atoms with van der Waals surface area (Å²) in [6, 6.07) is 16.4. The van der Waals surface area contributed by atoms with Gasteiger partial charge in [-0.2, -0.15) is 16.6 Å². The highest BCUT2D eigenvalue weighted by Gasteiger charge is 2.31. The number of benzene rings is 2. The fourth-order valence-corrected chi connectivity index (χ4v) is 3.65. The van der Waals surface area contributed by atoms with Crippen LogP contribution in [-0.2, 0) is 0 Å². The molecule has 1 aliphatic heterocycles. The van der Waals surface area contributed by atoms with Crippen LogP contribution in [0.3, 0.4) is 0 Å². The summed E-state index contributed by atoms with van der Waals surface area (Å²) in [5, 5.41) is 15.7. The first-order valence-corrected chi connectivity index (χ1v) is 7.85. The van der Waals surface area contributed by atoms with Gasteiger partial charge in [-0.3, -0.25) is 0 Å². The number of fused-ring (bicyclic) bond motifs is 3. The minimum atomic E-state index is -0.162. The molecule has 3 aromatic rings. The quantitative estimate of drug-likeness (QED) is 0.735. The Morgan fingerprint density at radius 2 is 2.00 bits per heavy atom. The Kier molecular flexibility index (Phi) is 2.88. The Labute approximate surface area is 131 Å². The molecule has 3 nitrogen and oxygen atoms in total. The third-order valence-electron chi connectivity index (χ3n) is 3.98. The van der Waals surface area contributed by atoms with Gasteiger partial charge in [-0.1, -0.05) is 36.4 Å². The van der Waals surface area contributed by atoms with E-state index < -0.39 is 0 Å². The van der Waals surface area contributed by atoms with Crippen molar-refractivity contribution in [2.45, 2.75) is 5.92 Å². The molecule has 1 aliphatic rings. The van der Waals surface area contributed by atoms with Gasteiger partial charge in [0.2, 0.25) is 5.88 Å². The zero-order chi connectivity index (χ0) is 15.1. The Morgan fingerprint density at radius 1 is 1.14 bits per heavy atom. The molecule has 0 amide bonds. The van der Waals surface area contributed by atoms with Gasteiger partial charge in [0.15, 0.2) is 0 Å². The van der Waals surface area contributed by atoms with Gasteiger partial charge in [0.1, 0.15) is 17.4 Å². The molecule has 4 rings (SSSR count). The highest BCUT2D eigenvalue weighted by Crippen LogP contribution is 2.45. The van der Waals surface area contributed by atoms with Crippen LogP contribution in [0.15, 0.2) is 64.7 Å². The van der Waals surface area contributed by atoms with Gasteiger partial charge >= 0.3 is 0 Å². The number of nitriles is 1. The van der Waals surface area contributed by atoms with E-state index in [4.69, 9.17) is 10.5 Å². The summed E-state index contributed by atoms with van der Waals surface area (Å²) in [6.07, 6.45) is 0. The van der Waals surface area contributed by atoms with Crippen molar-refractivity contribution in [1.82, 2.24) is 0 Å². The molecular formula is C18H12N2OS. The Bertz CT molecular complexity index is 935. The molecule has 0 bridgehead atoms. The standard InChI is InChI=1S/C18H12N2OS/c19-9-15-16(12-7-8-22-10-12)14-6-5-11-3-1-2-4-13(11)17(14)21-18(15)20/h1-8,10,16H,20H2/t16-/m1/s1. The summed E-state index contributed by atoms with van der Waals surface area (Å²) >= 11 is 1.61. The number of hydrogen-bond donors (Lipinski definition) is 1. The fraction of sp³-hybridized carbons (Fsp3) is 0.0556. The SMILES string of the molecule is N#CC1=C(N)Oc2c(ccc3ccccc23)[C@H]1c1ccsc1. The molecule has 2 aromatic carbocycles. The van der Waals surface area contributed by atoms with E-state index in [1.54, 1.807) is 11.3 Å². The van der Waals surface area contributed by atoms with Crippen LogP contribution < -0.4 is 10.5 Å². The van der Waals surface area contributed by atoms with E-state index in [2.05, 4.69) is 17.5 Å². The molecule has 0 unspecified atom stereocenters. The maximum absolute atomic E-state index is 9.51. The highest BCUT2D eigenvalue weighted by atomic mass is 32.1. The molecule has 0 saturated heterocycles. The first-order chi connectivity index (χ1) is 10.8. The molecule has 2 N–H and O–H groups in total. The van der Waals surface area contributed by atoms with Crippen molar-refractivity contribution < 1.29 is 4.74 Å². The zero-order valence-electron chi connectivity index (χ0n) is 11.6. The lowest BCUT2D eigenvalue weighted by molar-refractivity contribution is 0.398. The number of rotatable bonds is 1. The van der Waals surface area contributed by atoms with Gasteiger partial charge in [0, 0.05) is 10.9 Å². The summed E-state index contributed by atoms with van der Waals surface area (Å²) in [5.41, 5.74) is 8.57. The normalized spacial score (nSPS) is 17.0. The second-order valence-corrected chi connectivity index (χ2v) is 5.97. The average Bonchev–Trinajstić information content (AvgIpc) is 3.07. The topological polar surface area (TPSA) is 59.0 Å². The van der Waals surface area contributed by atoms with Crippen LogP contribution in [0, 0.1) is 11.3 Å². The molecule has 0 aliphatic carbocycles. The molecule has 0 radical (unpaired) electrons. The molecule has 22 heavy (non-hydrogen) atoms. The van der Waals surface area contributed by atoms with Crippen molar-refractivity contribution in [2.75, 3.05) is 0 Å². The van der Waals surface area contributed by atoms with E-state index in [9.17, 15) is 5.26 Å². The van der Waals surface area contributed by atoms with E-state index in [0.29, 0.717) is 5.57 Å². The maximum atomic E-state index is 9.51. The van der Waals surface area contributed by atoms with Crippen LogP contribution in [0.4, 0.5) is 0 Å². The second kappa shape index (κ2) is 4.90. The van der Waals surface area contributed by atoms with Crippen molar-refractivity contribution in [3.05, 3.63) is 75.8 Å². The molecule has 0 saturated carbocycles.